The molecule has 2 heterocycles. The molecule has 6 heteroatoms. The largest absolute Gasteiger partial charge is 0.451 e. The van der Waals surface area contributed by atoms with E-state index in [1.54, 1.807) is 23.9 Å². The van der Waals surface area contributed by atoms with Crippen molar-refractivity contribution in [3.05, 3.63) is 34.0 Å². The summed E-state index contributed by atoms with van der Waals surface area (Å²) in [4.78, 5) is 28.4. The van der Waals surface area contributed by atoms with Crippen LogP contribution in [0.1, 0.15) is 29.0 Å². The third-order valence-corrected chi connectivity index (χ3v) is 4.83. The van der Waals surface area contributed by atoms with E-state index < -0.39 is 6.04 Å². The summed E-state index contributed by atoms with van der Waals surface area (Å²) in [7, 11) is 3.43. The molecule has 1 aliphatic heterocycles. The Hall–Kier alpha value is -1.82. The molecule has 1 saturated heterocycles. The summed E-state index contributed by atoms with van der Waals surface area (Å²) in [6, 6.07) is 5.28. The molecule has 0 aliphatic carbocycles. The Balaban J connectivity index is 1.97. The third kappa shape index (κ3) is 2.76. The first-order valence-corrected chi connectivity index (χ1v) is 8.40. The molecule has 0 bridgehead atoms. The first-order chi connectivity index (χ1) is 10.9. The maximum absolute atomic E-state index is 12.9. The summed E-state index contributed by atoms with van der Waals surface area (Å²) in [5, 5.41) is 0.914. The highest BCUT2D eigenvalue weighted by molar-refractivity contribution is 9.10. The van der Waals surface area contributed by atoms with E-state index in [0.717, 1.165) is 21.8 Å². The lowest BCUT2D eigenvalue weighted by molar-refractivity contribution is -0.132. The van der Waals surface area contributed by atoms with E-state index in [0.29, 0.717) is 24.3 Å². The Morgan fingerprint density at radius 3 is 2.78 bits per heavy atom. The van der Waals surface area contributed by atoms with Crippen LogP contribution in [0, 0.1) is 6.92 Å². The quantitative estimate of drug-likeness (QED) is 0.805. The highest BCUT2D eigenvalue weighted by Crippen LogP contribution is 2.30. The lowest BCUT2D eigenvalue weighted by Crippen LogP contribution is -2.45. The van der Waals surface area contributed by atoms with Crippen LogP contribution in [-0.4, -0.2) is 48.3 Å². The topological polar surface area (TPSA) is 53.8 Å². The molecule has 0 radical (unpaired) electrons. The molecule has 2 aromatic rings. The number of furan rings is 1. The van der Waals surface area contributed by atoms with Crippen molar-refractivity contribution in [1.82, 2.24) is 9.80 Å². The van der Waals surface area contributed by atoms with E-state index in [-0.39, 0.29) is 11.8 Å². The van der Waals surface area contributed by atoms with Gasteiger partial charge in [-0.1, -0.05) is 15.9 Å². The average Bonchev–Trinajstić information content (AvgIpc) is 3.11. The van der Waals surface area contributed by atoms with Gasteiger partial charge in [-0.3, -0.25) is 9.59 Å². The molecular weight excluding hydrogens is 360 g/mol. The second-order valence-electron chi connectivity index (χ2n) is 6.09. The molecule has 1 aromatic carbocycles. The van der Waals surface area contributed by atoms with E-state index in [9.17, 15) is 9.59 Å². The number of aryl methyl sites for hydroxylation is 1. The summed E-state index contributed by atoms with van der Waals surface area (Å²) >= 11 is 3.44. The Morgan fingerprint density at radius 2 is 2.09 bits per heavy atom. The number of benzene rings is 1. The maximum atomic E-state index is 12.9. The van der Waals surface area contributed by atoms with Crippen molar-refractivity contribution in [2.24, 2.45) is 0 Å². The van der Waals surface area contributed by atoms with E-state index in [2.05, 4.69) is 15.9 Å². The van der Waals surface area contributed by atoms with Gasteiger partial charge >= 0.3 is 0 Å². The molecule has 1 unspecified atom stereocenters. The van der Waals surface area contributed by atoms with Gasteiger partial charge in [-0.2, -0.15) is 0 Å². The van der Waals surface area contributed by atoms with Gasteiger partial charge in [0.2, 0.25) is 5.91 Å². The zero-order chi connectivity index (χ0) is 16.7. The van der Waals surface area contributed by atoms with Crippen molar-refractivity contribution in [2.45, 2.75) is 25.8 Å². The molecular formula is C17H19BrN2O3. The number of carbonyl (C=O) groups is 2. The highest BCUT2D eigenvalue weighted by Gasteiger charge is 2.37. The molecule has 0 spiro atoms. The zero-order valence-electron chi connectivity index (χ0n) is 13.4. The Morgan fingerprint density at radius 1 is 1.35 bits per heavy atom. The molecule has 23 heavy (non-hydrogen) atoms. The van der Waals surface area contributed by atoms with Crippen LogP contribution in [0.4, 0.5) is 0 Å². The molecule has 2 amide bonds. The minimum atomic E-state index is -0.392. The molecule has 1 aromatic heterocycles. The molecule has 0 N–H and O–H groups in total. The van der Waals surface area contributed by atoms with Crippen molar-refractivity contribution in [1.29, 1.82) is 0 Å². The van der Waals surface area contributed by atoms with Crippen LogP contribution < -0.4 is 0 Å². The summed E-state index contributed by atoms with van der Waals surface area (Å²) in [6.45, 7) is 2.47. The van der Waals surface area contributed by atoms with Crippen LogP contribution in [-0.2, 0) is 4.79 Å². The number of hydrogen-bond donors (Lipinski definition) is 0. The lowest BCUT2D eigenvalue weighted by Gasteiger charge is -2.25. The predicted molar refractivity (Wildman–Crippen MR) is 91.4 cm³/mol. The standard InChI is InChI=1S/C17H19BrN2O3/c1-10-12-9-11(18)6-7-14(12)23-15(10)17(22)20-8-4-5-13(20)16(21)19(2)3/h6-7,9,13H,4-5,8H2,1-3H3. The molecule has 0 saturated carbocycles. The van der Waals surface area contributed by atoms with Gasteiger partial charge in [0.25, 0.3) is 5.91 Å². The van der Waals surface area contributed by atoms with Crippen LogP contribution in [0.25, 0.3) is 11.0 Å². The highest BCUT2D eigenvalue weighted by atomic mass is 79.9. The summed E-state index contributed by atoms with van der Waals surface area (Å²) in [6.07, 6.45) is 1.54. The first kappa shape index (κ1) is 16.1. The third-order valence-electron chi connectivity index (χ3n) is 4.33. The average molecular weight is 379 g/mol. The van der Waals surface area contributed by atoms with Crippen LogP contribution in [0.3, 0.4) is 0 Å². The smallest absolute Gasteiger partial charge is 0.290 e. The lowest BCUT2D eigenvalue weighted by atomic mass is 10.1. The molecule has 1 atom stereocenters. The van der Waals surface area contributed by atoms with Gasteiger partial charge in [0, 0.05) is 36.1 Å². The molecule has 3 rings (SSSR count). The molecule has 1 aliphatic rings. The van der Waals surface area contributed by atoms with E-state index in [4.69, 9.17) is 4.42 Å². The van der Waals surface area contributed by atoms with Crippen molar-refractivity contribution in [3.8, 4) is 0 Å². The number of amides is 2. The number of likely N-dealkylation sites (N-methyl/N-ethyl adjacent to an activating group) is 1. The Labute approximate surface area is 143 Å². The van der Waals surface area contributed by atoms with Crippen molar-refractivity contribution in [3.63, 3.8) is 0 Å². The minimum absolute atomic E-state index is 0.0349. The summed E-state index contributed by atoms with van der Waals surface area (Å²) in [5.41, 5.74) is 1.50. The van der Waals surface area contributed by atoms with E-state index in [1.165, 1.54) is 0 Å². The number of nitrogens with zero attached hydrogens (tertiary/aromatic N) is 2. The van der Waals surface area contributed by atoms with Gasteiger partial charge in [0.05, 0.1) is 0 Å². The Kier molecular flexibility index (Phi) is 4.19. The number of hydrogen-bond acceptors (Lipinski definition) is 3. The normalized spacial score (nSPS) is 17.7. The number of carbonyl (C=O) groups excluding carboxylic acids is 2. The van der Waals surface area contributed by atoms with Crippen LogP contribution in [0.15, 0.2) is 27.1 Å². The molecule has 5 nitrogen and oxygen atoms in total. The monoisotopic (exact) mass is 378 g/mol. The van der Waals surface area contributed by atoms with Crippen molar-refractivity contribution >= 4 is 38.7 Å². The van der Waals surface area contributed by atoms with E-state index >= 15 is 0 Å². The molecule has 1 fully saturated rings. The first-order valence-electron chi connectivity index (χ1n) is 7.61. The van der Waals surface area contributed by atoms with Crippen LogP contribution in [0.5, 0.6) is 0 Å². The minimum Gasteiger partial charge on any atom is -0.451 e. The summed E-state index contributed by atoms with van der Waals surface area (Å²) < 4.78 is 6.72. The van der Waals surface area contributed by atoms with Crippen molar-refractivity contribution in [2.75, 3.05) is 20.6 Å². The van der Waals surface area contributed by atoms with Crippen molar-refractivity contribution < 1.29 is 14.0 Å². The van der Waals surface area contributed by atoms with Gasteiger partial charge in [-0.25, -0.2) is 0 Å². The fourth-order valence-electron chi connectivity index (χ4n) is 3.09. The zero-order valence-corrected chi connectivity index (χ0v) is 15.0. The van der Waals surface area contributed by atoms with Crippen LogP contribution >= 0.6 is 15.9 Å². The number of fused-ring (bicyclic) bond motifs is 1. The number of halogens is 1. The molecule has 122 valence electrons. The van der Waals surface area contributed by atoms with Gasteiger partial charge in [0.1, 0.15) is 11.6 Å². The second-order valence-corrected chi connectivity index (χ2v) is 7.00. The van der Waals surface area contributed by atoms with Gasteiger partial charge in [-0.05, 0) is 38.0 Å². The van der Waals surface area contributed by atoms with E-state index in [1.807, 2.05) is 25.1 Å². The van der Waals surface area contributed by atoms with Gasteiger partial charge in [0.15, 0.2) is 5.76 Å². The predicted octanol–water partition coefficient (Wildman–Crippen LogP) is 3.20. The maximum Gasteiger partial charge on any atom is 0.290 e. The number of rotatable bonds is 2. The second kappa shape index (κ2) is 6.00. The van der Waals surface area contributed by atoms with Gasteiger partial charge < -0.3 is 14.2 Å². The fourth-order valence-corrected chi connectivity index (χ4v) is 3.45. The van der Waals surface area contributed by atoms with Gasteiger partial charge in [-0.15, -0.1) is 0 Å². The summed E-state index contributed by atoms with van der Waals surface area (Å²) in [5.74, 6) is 0.0939. The SMILES string of the molecule is Cc1c(C(=O)N2CCCC2C(=O)N(C)C)oc2ccc(Br)cc12. The fraction of sp³-hybridized carbons (Fsp3) is 0.412. The van der Waals surface area contributed by atoms with Crippen LogP contribution in [0.2, 0.25) is 0 Å². The Bertz CT molecular complexity index is 781. The number of likely N-dealkylation sites (tertiary alicyclic amines) is 1.